The smallest absolute Gasteiger partial charge is 0.241 e. The van der Waals surface area contributed by atoms with Crippen LogP contribution in [0.1, 0.15) is 32.6 Å². The van der Waals surface area contributed by atoms with Crippen LogP contribution in [0, 0.1) is 11.6 Å². The molecule has 1 N–H and O–H groups in total. The number of anilines is 1. The topological polar surface area (TPSA) is 32.3 Å². The van der Waals surface area contributed by atoms with Gasteiger partial charge in [0, 0.05) is 6.07 Å². The Kier molecular flexibility index (Phi) is 5.06. The summed E-state index contributed by atoms with van der Waals surface area (Å²) in [5.41, 5.74) is -0.100. The summed E-state index contributed by atoms with van der Waals surface area (Å²) in [5, 5.41) is 2.47. The highest BCUT2D eigenvalue weighted by Gasteiger charge is 2.22. The number of nitrogens with one attached hydrogen (secondary N) is 1. The molecule has 5 heteroatoms. The van der Waals surface area contributed by atoms with E-state index in [4.69, 9.17) is 0 Å². The van der Waals surface area contributed by atoms with Crippen molar-refractivity contribution in [2.24, 2.45) is 0 Å². The van der Waals surface area contributed by atoms with Crippen molar-refractivity contribution in [1.82, 2.24) is 4.90 Å². The van der Waals surface area contributed by atoms with Crippen LogP contribution in [0.4, 0.5) is 14.5 Å². The lowest BCUT2D eigenvalue weighted by molar-refractivity contribution is -0.120. The molecule has 0 spiro atoms. The molecule has 1 fully saturated rings. The minimum absolute atomic E-state index is 0.100. The van der Waals surface area contributed by atoms with E-state index in [-0.39, 0.29) is 17.6 Å². The number of hydrogen-bond donors (Lipinski definition) is 1. The third-order valence-electron chi connectivity index (χ3n) is 3.75. The van der Waals surface area contributed by atoms with E-state index in [9.17, 15) is 13.6 Å². The zero-order valence-corrected chi connectivity index (χ0v) is 11.7. The van der Waals surface area contributed by atoms with Crippen molar-refractivity contribution in [3.63, 3.8) is 0 Å². The van der Waals surface area contributed by atoms with Gasteiger partial charge in [0.1, 0.15) is 11.6 Å². The first-order chi connectivity index (χ1) is 9.58. The summed E-state index contributed by atoms with van der Waals surface area (Å²) >= 11 is 0. The Labute approximate surface area is 118 Å². The van der Waals surface area contributed by atoms with Gasteiger partial charge in [0.05, 0.1) is 11.7 Å². The summed E-state index contributed by atoms with van der Waals surface area (Å²) in [5.74, 6) is -1.48. The highest BCUT2D eigenvalue weighted by molar-refractivity contribution is 5.94. The first-order valence-electron chi connectivity index (χ1n) is 7.08. The fourth-order valence-corrected chi connectivity index (χ4v) is 2.48. The zero-order chi connectivity index (χ0) is 14.5. The summed E-state index contributed by atoms with van der Waals surface area (Å²) in [7, 11) is 0. The average Bonchev–Trinajstić information content (AvgIpc) is 2.71. The molecule has 0 aliphatic carbocycles. The fourth-order valence-electron chi connectivity index (χ4n) is 2.48. The molecule has 20 heavy (non-hydrogen) atoms. The number of rotatable bonds is 3. The van der Waals surface area contributed by atoms with E-state index in [1.807, 2.05) is 0 Å². The van der Waals surface area contributed by atoms with Crippen LogP contribution in [0.3, 0.4) is 0 Å². The molecule has 0 saturated carbocycles. The standard InChI is InChI=1S/C15H20F2N2O/c1-11(19-8-4-2-3-5-9-19)15(20)18-14-10-12(16)6-7-13(14)17/h6-7,10-11H,2-5,8-9H2,1H3,(H,18,20). The van der Waals surface area contributed by atoms with Crippen molar-refractivity contribution in [3.05, 3.63) is 29.8 Å². The summed E-state index contributed by atoms with van der Waals surface area (Å²) in [6.45, 7) is 3.55. The second-order valence-corrected chi connectivity index (χ2v) is 5.24. The molecular formula is C15H20F2N2O. The van der Waals surface area contributed by atoms with Crippen LogP contribution < -0.4 is 5.32 Å². The SMILES string of the molecule is CC(C(=O)Nc1cc(F)ccc1F)N1CCCCCC1. The number of hydrogen-bond acceptors (Lipinski definition) is 2. The van der Waals surface area contributed by atoms with Gasteiger partial charge in [-0.05, 0) is 45.0 Å². The molecule has 0 aromatic heterocycles. The van der Waals surface area contributed by atoms with Gasteiger partial charge in [-0.25, -0.2) is 8.78 Å². The van der Waals surface area contributed by atoms with Gasteiger partial charge in [0.15, 0.2) is 0 Å². The van der Waals surface area contributed by atoms with Gasteiger partial charge in [0.2, 0.25) is 5.91 Å². The predicted octanol–water partition coefficient (Wildman–Crippen LogP) is 3.17. The molecule has 2 rings (SSSR count). The maximum atomic E-state index is 13.5. The third kappa shape index (κ3) is 3.76. The normalized spacial score (nSPS) is 18.4. The first kappa shape index (κ1) is 14.9. The minimum Gasteiger partial charge on any atom is -0.322 e. The van der Waals surface area contributed by atoms with Crippen LogP contribution in [0.2, 0.25) is 0 Å². The van der Waals surface area contributed by atoms with Crippen molar-refractivity contribution >= 4 is 11.6 Å². The van der Waals surface area contributed by atoms with E-state index in [1.54, 1.807) is 6.92 Å². The van der Waals surface area contributed by atoms with Crippen LogP contribution in [0.5, 0.6) is 0 Å². The molecule has 1 aliphatic rings. The van der Waals surface area contributed by atoms with Crippen LogP contribution in [0.25, 0.3) is 0 Å². The summed E-state index contributed by atoms with van der Waals surface area (Å²) in [6.07, 6.45) is 4.52. The van der Waals surface area contributed by atoms with Crippen molar-refractivity contribution in [3.8, 4) is 0 Å². The lowest BCUT2D eigenvalue weighted by Crippen LogP contribution is -2.42. The van der Waals surface area contributed by atoms with Crippen molar-refractivity contribution in [1.29, 1.82) is 0 Å². The third-order valence-corrected chi connectivity index (χ3v) is 3.75. The molecule has 0 radical (unpaired) electrons. The number of carbonyl (C=O) groups excluding carboxylic acids is 1. The second kappa shape index (κ2) is 6.79. The van der Waals surface area contributed by atoms with Crippen LogP contribution in [0.15, 0.2) is 18.2 Å². The number of amides is 1. The number of carbonyl (C=O) groups is 1. The fraction of sp³-hybridized carbons (Fsp3) is 0.533. The van der Waals surface area contributed by atoms with Gasteiger partial charge >= 0.3 is 0 Å². The molecule has 1 heterocycles. The predicted molar refractivity (Wildman–Crippen MR) is 74.5 cm³/mol. The maximum Gasteiger partial charge on any atom is 0.241 e. The van der Waals surface area contributed by atoms with Gasteiger partial charge in [0.25, 0.3) is 0 Å². The molecular weight excluding hydrogens is 262 g/mol. The molecule has 3 nitrogen and oxygen atoms in total. The largest absolute Gasteiger partial charge is 0.322 e. The van der Waals surface area contributed by atoms with Crippen molar-refractivity contribution < 1.29 is 13.6 Å². The Hall–Kier alpha value is -1.49. The Morgan fingerprint density at radius 1 is 1.20 bits per heavy atom. The Bertz CT molecular complexity index is 471. The maximum absolute atomic E-state index is 13.5. The molecule has 1 aliphatic heterocycles. The van der Waals surface area contributed by atoms with Crippen molar-refractivity contribution in [2.75, 3.05) is 18.4 Å². The Morgan fingerprint density at radius 3 is 2.50 bits per heavy atom. The van der Waals surface area contributed by atoms with E-state index in [0.29, 0.717) is 0 Å². The molecule has 1 atom stereocenters. The Balaban J connectivity index is 2.01. The van der Waals surface area contributed by atoms with Gasteiger partial charge in [-0.1, -0.05) is 12.8 Å². The summed E-state index contributed by atoms with van der Waals surface area (Å²) in [4.78, 5) is 14.2. The molecule has 1 aromatic rings. The van der Waals surface area contributed by atoms with E-state index < -0.39 is 11.6 Å². The lowest BCUT2D eigenvalue weighted by atomic mass is 10.2. The molecule has 110 valence electrons. The van der Waals surface area contributed by atoms with Crippen LogP contribution in [-0.4, -0.2) is 29.9 Å². The van der Waals surface area contributed by atoms with E-state index in [0.717, 1.165) is 44.1 Å². The van der Waals surface area contributed by atoms with E-state index in [1.165, 1.54) is 12.8 Å². The number of likely N-dealkylation sites (tertiary alicyclic amines) is 1. The number of benzene rings is 1. The lowest BCUT2D eigenvalue weighted by Gasteiger charge is -2.26. The molecule has 1 saturated heterocycles. The molecule has 0 bridgehead atoms. The van der Waals surface area contributed by atoms with Crippen LogP contribution >= 0.6 is 0 Å². The van der Waals surface area contributed by atoms with Crippen molar-refractivity contribution in [2.45, 2.75) is 38.6 Å². The van der Waals surface area contributed by atoms with Crippen LogP contribution in [-0.2, 0) is 4.79 Å². The zero-order valence-electron chi connectivity index (χ0n) is 11.7. The minimum atomic E-state index is -0.622. The molecule has 1 amide bonds. The summed E-state index contributed by atoms with van der Waals surface area (Å²) < 4.78 is 26.6. The van der Waals surface area contributed by atoms with Gasteiger partial charge in [-0.15, -0.1) is 0 Å². The summed E-state index contributed by atoms with van der Waals surface area (Å²) in [6, 6.07) is 2.71. The molecule has 1 unspecified atom stereocenters. The average molecular weight is 282 g/mol. The Morgan fingerprint density at radius 2 is 1.85 bits per heavy atom. The highest BCUT2D eigenvalue weighted by atomic mass is 19.1. The van der Waals surface area contributed by atoms with Gasteiger partial charge in [-0.2, -0.15) is 0 Å². The monoisotopic (exact) mass is 282 g/mol. The quantitative estimate of drug-likeness (QED) is 0.923. The second-order valence-electron chi connectivity index (χ2n) is 5.24. The first-order valence-corrected chi connectivity index (χ1v) is 7.08. The van der Waals surface area contributed by atoms with E-state index in [2.05, 4.69) is 10.2 Å². The molecule has 1 aromatic carbocycles. The number of nitrogens with zero attached hydrogens (tertiary/aromatic N) is 1. The highest BCUT2D eigenvalue weighted by Crippen LogP contribution is 2.17. The van der Waals surface area contributed by atoms with Gasteiger partial charge in [-0.3, -0.25) is 9.69 Å². The van der Waals surface area contributed by atoms with E-state index >= 15 is 0 Å². The number of halogens is 2. The van der Waals surface area contributed by atoms with Gasteiger partial charge < -0.3 is 5.32 Å².